The number of methoxy groups -OCH3 is 1. The van der Waals surface area contributed by atoms with Crippen molar-refractivity contribution in [2.24, 2.45) is 0 Å². The molecule has 8 heteroatoms. The Morgan fingerprint density at radius 2 is 2.10 bits per heavy atom. The molecule has 0 saturated heterocycles. The highest BCUT2D eigenvalue weighted by atomic mass is 35.5. The number of hydrogen-bond donors (Lipinski definition) is 2. The molecule has 6 nitrogen and oxygen atoms in total. The zero-order chi connectivity index (χ0) is 15.2. The SMILES string of the molecule is CCCS(=O)(=O)NCC(=O)Nc1ccc(OC)c(Cl)c1. The molecule has 0 bridgehead atoms. The van der Waals surface area contributed by atoms with Gasteiger partial charge in [-0.25, -0.2) is 13.1 Å². The topological polar surface area (TPSA) is 84.5 Å². The van der Waals surface area contributed by atoms with Gasteiger partial charge in [-0.15, -0.1) is 0 Å². The molecule has 0 radical (unpaired) electrons. The molecule has 1 amide bonds. The Morgan fingerprint density at radius 3 is 2.65 bits per heavy atom. The van der Waals surface area contributed by atoms with Gasteiger partial charge in [-0.2, -0.15) is 0 Å². The molecule has 1 rings (SSSR count). The number of carbonyl (C=O) groups excluding carboxylic acids is 1. The van der Waals surface area contributed by atoms with Crippen molar-refractivity contribution in [1.29, 1.82) is 0 Å². The van der Waals surface area contributed by atoms with Crippen molar-refractivity contribution in [2.45, 2.75) is 13.3 Å². The van der Waals surface area contributed by atoms with Gasteiger partial charge in [-0.3, -0.25) is 4.79 Å². The molecule has 0 aliphatic rings. The Morgan fingerprint density at radius 1 is 1.40 bits per heavy atom. The molecule has 0 aliphatic heterocycles. The molecule has 2 N–H and O–H groups in total. The molecule has 0 saturated carbocycles. The molecule has 0 aliphatic carbocycles. The van der Waals surface area contributed by atoms with E-state index in [0.717, 1.165) is 0 Å². The largest absolute Gasteiger partial charge is 0.495 e. The number of benzene rings is 1. The number of halogens is 1. The Balaban J connectivity index is 2.57. The van der Waals surface area contributed by atoms with Crippen LogP contribution < -0.4 is 14.8 Å². The molecule has 20 heavy (non-hydrogen) atoms. The molecule has 0 atom stereocenters. The van der Waals surface area contributed by atoms with E-state index in [2.05, 4.69) is 10.0 Å². The summed E-state index contributed by atoms with van der Waals surface area (Å²) in [6.07, 6.45) is 0.491. The molecule has 0 unspecified atom stereocenters. The average Bonchev–Trinajstić information content (AvgIpc) is 2.37. The number of amides is 1. The third-order valence-electron chi connectivity index (χ3n) is 2.36. The summed E-state index contributed by atoms with van der Waals surface area (Å²) in [7, 11) is -1.91. The minimum absolute atomic E-state index is 0.00531. The van der Waals surface area contributed by atoms with Gasteiger partial charge in [0.05, 0.1) is 24.4 Å². The number of rotatable bonds is 7. The second-order valence-corrected chi connectivity index (χ2v) is 6.37. The number of ether oxygens (including phenoxy) is 1. The highest BCUT2D eigenvalue weighted by Crippen LogP contribution is 2.27. The highest BCUT2D eigenvalue weighted by Gasteiger charge is 2.11. The summed E-state index contributed by atoms with van der Waals surface area (Å²) in [6.45, 7) is 1.44. The first kappa shape index (κ1) is 16.7. The van der Waals surface area contributed by atoms with Gasteiger partial charge in [0.1, 0.15) is 5.75 Å². The number of nitrogens with one attached hydrogen (secondary N) is 2. The van der Waals surface area contributed by atoms with Gasteiger partial charge in [0.25, 0.3) is 0 Å². The summed E-state index contributed by atoms with van der Waals surface area (Å²) in [5.74, 6) is 0.0217. The van der Waals surface area contributed by atoms with Crippen LogP contribution in [0.1, 0.15) is 13.3 Å². The van der Waals surface area contributed by atoms with Crippen molar-refractivity contribution >= 4 is 33.2 Å². The van der Waals surface area contributed by atoms with Gasteiger partial charge in [0, 0.05) is 5.69 Å². The lowest BCUT2D eigenvalue weighted by atomic mass is 10.3. The lowest BCUT2D eigenvalue weighted by Gasteiger charge is -2.09. The summed E-state index contributed by atoms with van der Waals surface area (Å²) in [4.78, 5) is 11.6. The Bertz CT molecular complexity index is 575. The van der Waals surface area contributed by atoms with Crippen molar-refractivity contribution in [3.05, 3.63) is 23.2 Å². The minimum Gasteiger partial charge on any atom is -0.495 e. The van der Waals surface area contributed by atoms with Crippen LogP contribution in [0.25, 0.3) is 0 Å². The van der Waals surface area contributed by atoms with Crippen LogP contribution >= 0.6 is 11.6 Å². The third-order valence-corrected chi connectivity index (χ3v) is 4.19. The van der Waals surface area contributed by atoms with Crippen LogP contribution in [0.15, 0.2) is 18.2 Å². The van der Waals surface area contributed by atoms with Crippen molar-refractivity contribution < 1.29 is 17.9 Å². The molecule has 0 aromatic heterocycles. The first-order chi connectivity index (χ1) is 9.38. The van der Waals surface area contributed by atoms with E-state index < -0.39 is 15.9 Å². The number of sulfonamides is 1. The zero-order valence-corrected chi connectivity index (χ0v) is 12.8. The second-order valence-electron chi connectivity index (χ2n) is 4.04. The molecule has 0 spiro atoms. The quantitative estimate of drug-likeness (QED) is 0.799. The third kappa shape index (κ3) is 5.36. The van der Waals surface area contributed by atoms with Gasteiger partial charge < -0.3 is 10.1 Å². The van der Waals surface area contributed by atoms with Crippen molar-refractivity contribution in [2.75, 3.05) is 24.7 Å². The van der Waals surface area contributed by atoms with Crippen LogP contribution in [0.4, 0.5) is 5.69 Å². The second kappa shape index (κ2) is 7.47. The molecule has 1 aromatic carbocycles. The molecule has 0 heterocycles. The van der Waals surface area contributed by atoms with Gasteiger partial charge in [0.15, 0.2) is 0 Å². The lowest BCUT2D eigenvalue weighted by molar-refractivity contribution is -0.115. The maximum Gasteiger partial charge on any atom is 0.239 e. The first-order valence-electron chi connectivity index (χ1n) is 5.98. The van der Waals surface area contributed by atoms with E-state index in [-0.39, 0.29) is 12.3 Å². The zero-order valence-electron chi connectivity index (χ0n) is 11.3. The van der Waals surface area contributed by atoms with E-state index >= 15 is 0 Å². The van der Waals surface area contributed by atoms with Crippen molar-refractivity contribution in [3.8, 4) is 5.75 Å². The summed E-state index contributed by atoms with van der Waals surface area (Å²) in [5.41, 5.74) is 0.468. The molecular formula is C12H17ClN2O4S. The van der Waals surface area contributed by atoms with Gasteiger partial charge >= 0.3 is 0 Å². The maximum atomic E-state index is 11.6. The Labute approximate surface area is 123 Å². The monoisotopic (exact) mass is 320 g/mol. The van der Waals surface area contributed by atoms with Gasteiger partial charge in [-0.1, -0.05) is 18.5 Å². The molecular weight excluding hydrogens is 304 g/mol. The number of anilines is 1. The standard InChI is InChI=1S/C12H17ClN2O4S/c1-3-6-20(17,18)14-8-12(16)15-9-4-5-11(19-2)10(13)7-9/h4-5,7,14H,3,6,8H2,1-2H3,(H,15,16). The van der Waals surface area contributed by atoms with Crippen LogP contribution in [-0.2, 0) is 14.8 Å². The number of hydrogen-bond acceptors (Lipinski definition) is 4. The van der Waals surface area contributed by atoms with Crippen LogP contribution in [0.5, 0.6) is 5.75 Å². The van der Waals surface area contributed by atoms with E-state index in [1.54, 1.807) is 19.1 Å². The van der Waals surface area contributed by atoms with Crippen LogP contribution in [-0.4, -0.2) is 33.7 Å². The van der Waals surface area contributed by atoms with Crippen LogP contribution in [0, 0.1) is 0 Å². The fourth-order valence-corrected chi connectivity index (χ4v) is 2.76. The maximum absolute atomic E-state index is 11.6. The van der Waals surface area contributed by atoms with E-state index in [1.165, 1.54) is 13.2 Å². The Kier molecular flexibility index (Phi) is 6.25. The van der Waals surface area contributed by atoms with E-state index in [4.69, 9.17) is 16.3 Å². The predicted octanol–water partition coefficient (Wildman–Crippen LogP) is 1.62. The summed E-state index contributed by atoms with van der Waals surface area (Å²) in [5, 5.41) is 2.90. The van der Waals surface area contributed by atoms with Crippen molar-refractivity contribution in [3.63, 3.8) is 0 Å². The van der Waals surface area contributed by atoms with Crippen LogP contribution in [0.3, 0.4) is 0 Å². The molecule has 1 aromatic rings. The van der Waals surface area contributed by atoms with E-state index in [0.29, 0.717) is 22.9 Å². The van der Waals surface area contributed by atoms with E-state index in [9.17, 15) is 13.2 Å². The first-order valence-corrected chi connectivity index (χ1v) is 8.01. The van der Waals surface area contributed by atoms with Crippen molar-refractivity contribution in [1.82, 2.24) is 4.72 Å². The lowest BCUT2D eigenvalue weighted by Crippen LogP contribution is -2.34. The highest BCUT2D eigenvalue weighted by molar-refractivity contribution is 7.89. The predicted molar refractivity (Wildman–Crippen MR) is 78.7 cm³/mol. The van der Waals surface area contributed by atoms with Crippen LogP contribution in [0.2, 0.25) is 5.02 Å². The summed E-state index contributed by atoms with van der Waals surface area (Å²) in [6, 6.07) is 4.75. The minimum atomic E-state index is -3.39. The smallest absolute Gasteiger partial charge is 0.239 e. The van der Waals surface area contributed by atoms with Gasteiger partial charge in [0.2, 0.25) is 15.9 Å². The Hall–Kier alpha value is -1.31. The average molecular weight is 321 g/mol. The molecule has 112 valence electrons. The summed E-state index contributed by atoms with van der Waals surface area (Å²) < 4.78 is 30.0. The fourth-order valence-electron chi connectivity index (χ4n) is 1.47. The summed E-state index contributed by atoms with van der Waals surface area (Å²) >= 11 is 5.92. The fraction of sp³-hybridized carbons (Fsp3) is 0.417. The van der Waals surface area contributed by atoms with E-state index in [1.807, 2.05) is 0 Å². The molecule has 0 fully saturated rings. The number of carbonyl (C=O) groups is 1. The normalized spacial score (nSPS) is 11.2. The van der Waals surface area contributed by atoms with Gasteiger partial charge in [-0.05, 0) is 24.6 Å².